The number of hydrogen-bond acceptors (Lipinski definition) is 3. The van der Waals surface area contributed by atoms with E-state index in [1.165, 1.54) is 5.39 Å². The molecule has 2 aromatic carbocycles. The molecule has 0 saturated carbocycles. The lowest BCUT2D eigenvalue weighted by Gasteiger charge is -2.12. The first kappa shape index (κ1) is 16.4. The van der Waals surface area contributed by atoms with Crippen LogP contribution < -0.4 is 5.73 Å². The highest BCUT2D eigenvalue weighted by molar-refractivity contribution is 7.99. The van der Waals surface area contributed by atoms with Crippen molar-refractivity contribution < 1.29 is 5.11 Å². The first-order valence-electron chi connectivity index (χ1n) is 7.47. The minimum atomic E-state index is -0.272. The third kappa shape index (κ3) is 3.26. The Morgan fingerprint density at radius 3 is 2.61 bits per heavy atom. The molecule has 0 amide bonds. The summed E-state index contributed by atoms with van der Waals surface area (Å²) < 4.78 is 2.17. The molecule has 0 radical (unpaired) electrons. The quantitative estimate of drug-likeness (QED) is 0.738. The number of benzene rings is 2. The van der Waals surface area contributed by atoms with Crippen LogP contribution in [0, 0.1) is 0 Å². The van der Waals surface area contributed by atoms with Gasteiger partial charge in [-0.1, -0.05) is 53.7 Å². The van der Waals surface area contributed by atoms with Crippen LogP contribution in [0.15, 0.2) is 58.5 Å². The highest BCUT2D eigenvalue weighted by Crippen LogP contribution is 2.39. The van der Waals surface area contributed by atoms with Gasteiger partial charge in [0.1, 0.15) is 0 Å². The molecule has 1 aromatic heterocycles. The van der Waals surface area contributed by atoms with Crippen LogP contribution in [0.4, 0.5) is 0 Å². The van der Waals surface area contributed by atoms with Crippen LogP contribution in [0.2, 0.25) is 5.02 Å². The van der Waals surface area contributed by atoms with E-state index >= 15 is 0 Å². The number of para-hydroxylation sites is 1. The number of rotatable bonds is 5. The molecule has 5 heteroatoms. The molecule has 0 saturated heterocycles. The SMILES string of the molecule is Cn1c(Sc2ccccc2Cl)c(CC(N)CO)c2ccccc21. The van der Waals surface area contributed by atoms with Gasteiger partial charge in [0.2, 0.25) is 0 Å². The summed E-state index contributed by atoms with van der Waals surface area (Å²) in [7, 11) is 2.05. The van der Waals surface area contributed by atoms with Crippen LogP contribution in [-0.2, 0) is 13.5 Å². The van der Waals surface area contributed by atoms with Crippen molar-refractivity contribution in [1.82, 2.24) is 4.57 Å². The summed E-state index contributed by atoms with van der Waals surface area (Å²) in [6.07, 6.45) is 0.630. The summed E-state index contributed by atoms with van der Waals surface area (Å²) in [5.41, 5.74) is 8.32. The van der Waals surface area contributed by atoms with Crippen LogP contribution in [0.25, 0.3) is 10.9 Å². The van der Waals surface area contributed by atoms with Gasteiger partial charge in [-0.25, -0.2) is 0 Å². The fraction of sp³-hybridized carbons (Fsp3) is 0.222. The van der Waals surface area contributed by atoms with Crippen molar-refractivity contribution in [2.45, 2.75) is 22.4 Å². The Labute approximate surface area is 145 Å². The monoisotopic (exact) mass is 346 g/mol. The van der Waals surface area contributed by atoms with E-state index in [0.717, 1.165) is 26.0 Å². The lowest BCUT2D eigenvalue weighted by atomic mass is 10.1. The summed E-state index contributed by atoms with van der Waals surface area (Å²) >= 11 is 7.96. The van der Waals surface area contributed by atoms with Crippen LogP contribution in [0.1, 0.15) is 5.56 Å². The largest absolute Gasteiger partial charge is 0.395 e. The molecule has 1 heterocycles. The smallest absolute Gasteiger partial charge is 0.0838 e. The van der Waals surface area contributed by atoms with Gasteiger partial charge in [-0.05, 0) is 30.2 Å². The van der Waals surface area contributed by atoms with Crippen LogP contribution >= 0.6 is 23.4 Å². The minimum absolute atomic E-state index is 0.0284. The van der Waals surface area contributed by atoms with E-state index in [9.17, 15) is 5.11 Å². The number of aryl methyl sites for hydroxylation is 1. The van der Waals surface area contributed by atoms with E-state index in [0.29, 0.717) is 6.42 Å². The van der Waals surface area contributed by atoms with Crippen molar-refractivity contribution in [3.8, 4) is 0 Å². The number of fused-ring (bicyclic) bond motifs is 1. The van der Waals surface area contributed by atoms with Crippen molar-refractivity contribution in [3.63, 3.8) is 0 Å². The highest BCUT2D eigenvalue weighted by atomic mass is 35.5. The van der Waals surface area contributed by atoms with Gasteiger partial charge in [0.05, 0.1) is 16.7 Å². The fourth-order valence-electron chi connectivity index (χ4n) is 2.73. The summed E-state index contributed by atoms with van der Waals surface area (Å²) in [4.78, 5) is 1.01. The maximum Gasteiger partial charge on any atom is 0.0838 e. The number of halogens is 1. The van der Waals surface area contributed by atoms with Gasteiger partial charge < -0.3 is 15.4 Å². The van der Waals surface area contributed by atoms with Crippen molar-refractivity contribution in [2.24, 2.45) is 12.8 Å². The molecule has 0 aliphatic carbocycles. The number of aromatic nitrogens is 1. The third-order valence-corrected chi connectivity index (χ3v) is 5.63. The molecule has 0 fully saturated rings. The summed E-state index contributed by atoms with van der Waals surface area (Å²) in [5, 5.41) is 12.4. The summed E-state index contributed by atoms with van der Waals surface area (Å²) in [6.45, 7) is -0.0284. The Hall–Kier alpha value is -1.46. The maximum atomic E-state index is 9.34. The zero-order valence-electron chi connectivity index (χ0n) is 12.9. The van der Waals surface area contributed by atoms with E-state index in [1.807, 2.05) is 36.4 Å². The lowest BCUT2D eigenvalue weighted by molar-refractivity contribution is 0.265. The van der Waals surface area contributed by atoms with Gasteiger partial charge in [-0.2, -0.15) is 0 Å². The van der Waals surface area contributed by atoms with Gasteiger partial charge in [0.15, 0.2) is 0 Å². The van der Waals surface area contributed by atoms with Gasteiger partial charge >= 0.3 is 0 Å². The average Bonchev–Trinajstić information content (AvgIpc) is 2.83. The van der Waals surface area contributed by atoms with Crippen molar-refractivity contribution in [2.75, 3.05) is 6.61 Å². The second-order valence-electron chi connectivity index (χ2n) is 5.54. The standard InChI is InChI=1S/C18H19ClN2OS/c1-21-16-8-4-2-6-13(16)14(10-12(20)11-22)18(21)23-17-9-5-3-7-15(17)19/h2-9,12,22H,10-11,20H2,1H3. The molecule has 23 heavy (non-hydrogen) atoms. The van der Waals surface area contributed by atoms with Gasteiger partial charge in [0, 0.05) is 28.9 Å². The highest BCUT2D eigenvalue weighted by Gasteiger charge is 2.18. The van der Waals surface area contributed by atoms with Crippen LogP contribution in [-0.4, -0.2) is 22.3 Å². The number of aliphatic hydroxyl groups excluding tert-OH is 1. The molecule has 1 atom stereocenters. The number of hydrogen-bond donors (Lipinski definition) is 2. The maximum absolute atomic E-state index is 9.34. The van der Waals surface area contributed by atoms with Crippen molar-refractivity contribution in [1.29, 1.82) is 0 Å². The molecular formula is C18H19ClN2OS. The molecular weight excluding hydrogens is 328 g/mol. The lowest BCUT2D eigenvalue weighted by Crippen LogP contribution is -2.27. The average molecular weight is 347 g/mol. The number of nitrogens with two attached hydrogens (primary N) is 1. The molecule has 0 spiro atoms. The fourth-order valence-corrected chi connectivity index (χ4v) is 4.06. The zero-order chi connectivity index (χ0) is 16.4. The molecule has 0 aliphatic heterocycles. The Morgan fingerprint density at radius 1 is 1.17 bits per heavy atom. The molecule has 120 valence electrons. The van der Waals surface area contributed by atoms with Gasteiger partial charge in [0.25, 0.3) is 0 Å². The minimum Gasteiger partial charge on any atom is -0.395 e. The van der Waals surface area contributed by atoms with E-state index in [2.05, 4.69) is 23.7 Å². The Kier molecular flexibility index (Phi) is 4.97. The molecule has 3 nitrogen and oxygen atoms in total. The molecule has 3 aromatic rings. The topological polar surface area (TPSA) is 51.2 Å². The van der Waals surface area contributed by atoms with E-state index < -0.39 is 0 Å². The number of nitrogens with zero attached hydrogens (tertiary/aromatic N) is 1. The first-order valence-corrected chi connectivity index (χ1v) is 8.66. The van der Waals surface area contributed by atoms with Gasteiger partial charge in [-0.3, -0.25) is 0 Å². The van der Waals surface area contributed by atoms with Gasteiger partial charge in [-0.15, -0.1) is 0 Å². The van der Waals surface area contributed by atoms with Crippen LogP contribution in [0.3, 0.4) is 0 Å². The predicted octanol–water partition coefficient (Wildman–Crippen LogP) is 3.85. The second kappa shape index (κ2) is 6.97. The molecule has 0 bridgehead atoms. The van der Waals surface area contributed by atoms with E-state index in [4.69, 9.17) is 17.3 Å². The number of aliphatic hydroxyl groups is 1. The zero-order valence-corrected chi connectivity index (χ0v) is 14.4. The third-order valence-electron chi connectivity index (χ3n) is 3.90. The molecule has 1 unspecified atom stereocenters. The molecule has 3 N–H and O–H groups in total. The first-order chi connectivity index (χ1) is 11.1. The Morgan fingerprint density at radius 2 is 1.87 bits per heavy atom. The molecule has 3 rings (SSSR count). The summed E-state index contributed by atoms with van der Waals surface area (Å²) in [5.74, 6) is 0. The molecule has 0 aliphatic rings. The van der Waals surface area contributed by atoms with Crippen molar-refractivity contribution in [3.05, 3.63) is 59.1 Å². The van der Waals surface area contributed by atoms with E-state index in [-0.39, 0.29) is 12.6 Å². The normalized spacial score (nSPS) is 12.7. The summed E-state index contributed by atoms with van der Waals surface area (Å²) in [6, 6.07) is 15.8. The Balaban J connectivity index is 2.12. The van der Waals surface area contributed by atoms with Crippen molar-refractivity contribution >= 4 is 34.3 Å². The van der Waals surface area contributed by atoms with Crippen LogP contribution in [0.5, 0.6) is 0 Å². The van der Waals surface area contributed by atoms with E-state index in [1.54, 1.807) is 11.8 Å². The second-order valence-corrected chi connectivity index (χ2v) is 6.98. The Bertz CT molecular complexity index is 831. The predicted molar refractivity (Wildman–Crippen MR) is 97.3 cm³/mol.